The molecule has 0 saturated heterocycles. The number of nitrogens with one attached hydrogen (secondary N) is 1. The molecule has 0 spiro atoms. The summed E-state index contributed by atoms with van der Waals surface area (Å²) in [6.45, 7) is 0.257. The Bertz CT molecular complexity index is 864. The van der Waals surface area contributed by atoms with Gasteiger partial charge in [-0.05, 0) is 40.8 Å². The normalized spacial score (nSPS) is 13.4. The molecule has 4 N–H and O–H groups in total. The van der Waals surface area contributed by atoms with E-state index < -0.39 is 18.1 Å². The van der Waals surface area contributed by atoms with Crippen molar-refractivity contribution in [3.8, 4) is 0 Å². The number of aliphatic hydroxyl groups is 1. The zero-order valence-electron chi connectivity index (χ0n) is 14.5. The molecule has 0 aliphatic rings. The van der Waals surface area contributed by atoms with Crippen LogP contribution in [0.15, 0.2) is 72.8 Å². The predicted molar refractivity (Wildman–Crippen MR) is 104 cm³/mol. The van der Waals surface area contributed by atoms with Crippen LogP contribution in [-0.2, 0) is 11.2 Å². The van der Waals surface area contributed by atoms with E-state index >= 15 is 0 Å². The maximum Gasteiger partial charge on any atom is 0.239 e. The average Bonchev–Trinajstić information content (AvgIpc) is 2.67. The number of carbonyl (C=O) groups is 1. The molecule has 3 aromatic carbocycles. The Hall–Kier alpha value is -2.69. The van der Waals surface area contributed by atoms with Crippen molar-refractivity contribution in [3.63, 3.8) is 0 Å². The molecule has 0 bridgehead atoms. The standard InChI is InChI=1S/C22H23N2O2/c23-22(26)21(19-12-11-17-8-4-5-9-18(17)14-19)24-15-20(25)13-10-16-6-2-1-3-7-16/h1-9,11-14,20-21,24-25H,10,15H2,(H2,23,26)/t20-,21+/m1/s1. The van der Waals surface area contributed by atoms with Gasteiger partial charge in [-0.15, -0.1) is 0 Å². The minimum atomic E-state index is -0.669. The zero-order chi connectivity index (χ0) is 18.4. The van der Waals surface area contributed by atoms with E-state index in [1.165, 1.54) is 0 Å². The summed E-state index contributed by atoms with van der Waals surface area (Å²) in [5.41, 5.74) is 7.50. The van der Waals surface area contributed by atoms with Crippen LogP contribution in [0.2, 0.25) is 0 Å². The Labute approximate surface area is 153 Å². The smallest absolute Gasteiger partial charge is 0.239 e. The van der Waals surface area contributed by atoms with Gasteiger partial charge >= 0.3 is 0 Å². The highest BCUT2D eigenvalue weighted by Gasteiger charge is 2.19. The van der Waals surface area contributed by atoms with Crippen molar-refractivity contribution in [3.05, 3.63) is 90.3 Å². The summed E-state index contributed by atoms with van der Waals surface area (Å²) in [4.78, 5) is 11.9. The lowest BCUT2D eigenvalue weighted by Crippen LogP contribution is -2.38. The van der Waals surface area contributed by atoms with Gasteiger partial charge in [-0.3, -0.25) is 10.1 Å². The van der Waals surface area contributed by atoms with Crippen molar-refractivity contribution in [1.82, 2.24) is 5.32 Å². The van der Waals surface area contributed by atoms with Gasteiger partial charge in [-0.2, -0.15) is 0 Å². The molecule has 4 nitrogen and oxygen atoms in total. The molecule has 4 heteroatoms. The molecule has 3 aromatic rings. The van der Waals surface area contributed by atoms with Gasteiger partial charge in [0, 0.05) is 6.54 Å². The molecule has 26 heavy (non-hydrogen) atoms. The number of benzene rings is 3. The van der Waals surface area contributed by atoms with Gasteiger partial charge in [-0.1, -0.05) is 66.7 Å². The van der Waals surface area contributed by atoms with Crippen LogP contribution in [0, 0.1) is 6.42 Å². The number of carbonyl (C=O) groups excluding carboxylic acids is 1. The maximum absolute atomic E-state index is 11.9. The van der Waals surface area contributed by atoms with Crippen molar-refractivity contribution in [2.24, 2.45) is 5.73 Å². The number of primary amides is 1. The largest absolute Gasteiger partial charge is 0.391 e. The van der Waals surface area contributed by atoms with Crippen molar-refractivity contribution < 1.29 is 9.90 Å². The number of nitrogens with two attached hydrogens (primary N) is 1. The van der Waals surface area contributed by atoms with E-state index in [1.807, 2.05) is 79.2 Å². The highest BCUT2D eigenvalue weighted by atomic mass is 16.3. The molecule has 1 amide bonds. The molecular weight excluding hydrogens is 324 g/mol. The molecule has 0 aromatic heterocycles. The lowest BCUT2D eigenvalue weighted by Gasteiger charge is -2.19. The number of hydrogen-bond donors (Lipinski definition) is 3. The summed E-state index contributed by atoms with van der Waals surface area (Å²) in [6.07, 6.45) is 1.82. The maximum atomic E-state index is 11.9. The zero-order valence-corrected chi connectivity index (χ0v) is 14.5. The molecule has 133 valence electrons. The second kappa shape index (κ2) is 8.61. The average molecular weight is 347 g/mol. The quantitative estimate of drug-likeness (QED) is 0.586. The summed E-state index contributed by atoms with van der Waals surface area (Å²) in [5.74, 6) is -0.462. The molecule has 0 aliphatic carbocycles. The van der Waals surface area contributed by atoms with Crippen LogP contribution in [0.4, 0.5) is 0 Å². The highest BCUT2D eigenvalue weighted by molar-refractivity contribution is 5.86. The number of amides is 1. The molecule has 0 aliphatic heterocycles. The van der Waals surface area contributed by atoms with Gasteiger partial charge in [0.2, 0.25) is 5.91 Å². The molecule has 0 saturated carbocycles. The number of hydrogen-bond acceptors (Lipinski definition) is 3. The first-order valence-electron chi connectivity index (χ1n) is 8.70. The second-order valence-electron chi connectivity index (χ2n) is 6.34. The van der Waals surface area contributed by atoms with E-state index in [1.54, 1.807) is 0 Å². The minimum absolute atomic E-state index is 0.257. The van der Waals surface area contributed by atoms with E-state index in [2.05, 4.69) is 5.32 Å². The first-order valence-corrected chi connectivity index (χ1v) is 8.70. The summed E-state index contributed by atoms with van der Waals surface area (Å²) in [6, 6.07) is 23.1. The van der Waals surface area contributed by atoms with Crippen LogP contribution in [0.3, 0.4) is 0 Å². The van der Waals surface area contributed by atoms with E-state index in [4.69, 9.17) is 5.73 Å². The monoisotopic (exact) mass is 347 g/mol. The topological polar surface area (TPSA) is 75.4 Å². The van der Waals surface area contributed by atoms with Gasteiger partial charge < -0.3 is 10.8 Å². The number of fused-ring (bicyclic) bond motifs is 1. The molecule has 0 unspecified atom stereocenters. The third-order valence-corrected chi connectivity index (χ3v) is 4.39. The van der Waals surface area contributed by atoms with Crippen LogP contribution in [-0.4, -0.2) is 23.7 Å². The molecule has 1 radical (unpaired) electrons. The van der Waals surface area contributed by atoms with Crippen molar-refractivity contribution in [1.29, 1.82) is 0 Å². The molecule has 3 rings (SSSR count). The van der Waals surface area contributed by atoms with Crippen LogP contribution in [0.25, 0.3) is 10.8 Å². The molecule has 0 fully saturated rings. The Morgan fingerprint density at radius 3 is 2.42 bits per heavy atom. The molecular formula is C22H23N2O2. The Balaban J connectivity index is 1.61. The van der Waals surface area contributed by atoms with Crippen LogP contribution >= 0.6 is 0 Å². The van der Waals surface area contributed by atoms with Crippen LogP contribution in [0.1, 0.15) is 17.2 Å². The summed E-state index contributed by atoms with van der Waals surface area (Å²) in [7, 11) is 0. The van der Waals surface area contributed by atoms with Crippen molar-refractivity contribution in [2.45, 2.75) is 18.6 Å². The number of aliphatic hydroxyl groups excluding tert-OH is 1. The molecule has 0 heterocycles. The summed E-state index contributed by atoms with van der Waals surface area (Å²) < 4.78 is 0. The van der Waals surface area contributed by atoms with E-state index in [-0.39, 0.29) is 6.54 Å². The van der Waals surface area contributed by atoms with Crippen molar-refractivity contribution >= 4 is 16.7 Å². The Morgan fingerprint density at radius 1 is 1.00 bits per heavy atom. The third kappa shape index (κ3) is 4.69. The third-order valence-electron chi connectivity index (χ3n) is 4.39. The fourth-order valence-corrected chi connectivity index (χ4v) is 2.98. The van der Waals surface area contributed by atoms with E-state index in [0.717, 1.165) is 21.9 Å². The van der Waals surface area contributed by atoms with Gasteiger partial charge in [0.25, 0.3) is 0 Å². The molecule has 2 atom stereocenters. The first-order chi connectivity index (χ1) is 12.6. The lowest BCUT2D eigenvalue weighted by atomic mass is 10.0. The van der Waals surface area contributed by atoms with E-state index in [0.29, 0.717) is 6.42 Å². The SMILES string of the molecule is NC(=O)[C@@H](NC[C@H](O)[CH]Cc1ccccc1)c1ccc2ccccc2c1. The summed E-state index contributed by atoms with van der Waals surface area (Å²) in [5, 5.41) is 15.4. The minimum Gasteiger partial charge on any atom is -0.391 e. The van der Waals surface area contributed by atoms with Crippen LogP contribution < -0.4 is 11.1 Å². The highest BCUT2D eigenvalue weighted by Crippen LogP contribution is 2.20. The van der Waals surface area contributed by atoms with Gasteiger partial charge in [-0.25, -0.2) is 0 Å². The Morgan fingerprint density at radius 2 is 1.69 bits per heavy atom. The van der Waals surface area contributed by atoms with Gasteiger partial charge in [0.05, 0.1) is 6.10 Å². The first kappa shape index (κ1) is 18.1. The van der Waals surface area contributed by atoms with Gasteiger partial charge in [0.1, 0.15) is 6.04 Å². The van der Waals surface area contributed by atoms with Crippen LogP contribution in [0.5, 0.6) is 0 Å². The fourth-order valence-electron chi connectivity index (χ4n) is 2.98. The Kier molecular flexibility index (Phi) is 6.00. The lowest BCUT2D eigenvalue weighted by molar-refractivity contribution is -0.120. The number of rotatable bonds is 8. The van der Waals surface area contributed by atoms with Crippen molar-refractivity contribution in [2.75, 3.05) is 6.54 Å². The van der Waals surface area contributed by atoms with E-state index in [9.17, 15) is 9.90 Å². The summed E-state index contributed by atoms with van der Waals surface area (Å²) >= 11 is 0. The fraction of sp³-hybridized carbons (Fsp3) is 0.182. The van der Waals surface area contributed by atoms with Gasteiger partial charge in [0.15, 0.2) is 0 Å². The second-order valence-corrected chi connectivity index (χ2v) is 6.34. The predicted octanol–water partition coefficient (Wildman–Crippen LogP) is 2.76.